The van der Waals surface area contributed by atoms with Crippen molar-refractivity contribution in [2.24, 2.45) is 5.92 Å². The smallest absolute Gasteiger partial charge is 0.150 e. The number of fused-ring (bicyclic) bond motifs is 2. The molecule has 3 rings (SSSR count). The Hall–Kier alpha value is -0.670. The number of pyridine rings is 1. The highest BCUT2D eigenvalue weighted by atomic mass is 35.5. The third kappa shape index (κ3) is 2.04. The van der Waals surface area contributed by atoms with Crippen LogP contribution in [0.15, 0.2) is 6.07 Å². The van der Waals surface area contributed by atoms with E-state index in [1.54, 1.807) is 6.07 Å². The third-order valence-electron chi connectivity index (χ3n) is 3.94. The molecule has 2 unspecified atom stereocenters. The first-order valence-corrected chi connectivity index (χ1v) is 7.31. The van der Waals surface area contributed by atoms with E-state index in [9.17, 15) is 0 Å². The summed E-state index contributed by atoms with van der Waals surface area (Å²) in [6, 6.07) is 2.42. The van der Waals surface area contributed by atoms with Crippen molar-refractivity contribution in [1.82, 2.24) is 4.98 Å². The lowest BCUT2D eigenvalue weighted by Crippen LogP contribution is -2.33. The summed E-state index contributed by atoms with van der Waals surface area (Å²) in [4.78, 5) is 6.97. The number of piperidine rings is 1. The molecule has 1 aliphatic carbocycles. The van der Waals surface area contributed by atoms with Gasteiger partial charge in [-0.3, -0.25) is 0 Å². The maximum absolute atomic E-state index is 6.30. The largest absolute Gasteiger partial charge is 0.369 e. The van der Waals surface area contributed by atoms with E-state index in [4.69, 9.17) is 23.2 Å². The monoisotopic (exact) mass is 285 g/mol. The molecule has 1 aromatic rings. The van der Waals surface area contributed by atoms with E-state index in [1.165, 1.54) is 19.3 Å². The first-order valence-electron chi connectivity index (χ1n) is 6.55. The predicted molar refractivity (Wildman–Crippen MR) is 76.9 cm³/mol. The zero-order valence-electron chi connectivity index (χ0n) is 10.4. The fourth-order valence-electron chi connectivity index (χ4n) is 3.13. The lowest BCUT2D eigenvalue weighted by atomic mass is 10.1. The Morgan fingerprint density at radius 3 is 2.83 bits per heavy atom. The normalized spacial score (nSPS) is 25.8. The Balaban J connectivity index is 1.93. The van der Waals surface area contributed by atoms with Crippen molar-refractivity contribution in [2.75, 3.05) is 23.3 Å². The minimum Gasteiger partial charge on any atom is -0.369 e. The Kier molecular flexibility index (Phi) is 3.29. The molecule has 3 nitrogen and oxygen atoms in total. The summed E-state index contributed by atoms with van der Waals surface area (Å²) in [5, 5.41) is 4.44. The number of nitrogens with zero attached hydrogens (tertiary/aromatic N) is 2. The van der Waals surface area contributed by atoms with E-state index in [-0.39, 0.29) is 0 Å². The molecular weight excluding hydrogens is 269 g/mol. The summed E-state index contributed by atoms with van der Waals surface area (Å²) in [5.41, 5.74) is 0. The molecule has 1 saturated carbocycles. The van der Waals surface area contributed by atoms with Gasteiger partial charge in [-0.15, -0.1) is 0 Å². The summed E-state index contributed by atoms with van der Waals surface area (Å²) >= 11 is 12.4. The molecule has 1 aromatic heterocycles. The van der Waals surface area contributed by atoms with Crippen molar-refractivity contribution in [1.29, 1.82) is 0 Å². The zero-order chi connectivity index (χ0) is 12.7. The lowest BCUT2D eigenvalue weighted by Gasteiger charge is -2.29. The SMILES string of the molecule is CCNc1nc(N2CC3CCC2C3)c(Cl)cc1Cl. The van der Waals surface area contributed by atoms with E-state index < -0.39 is 0 Å². The summed E-state index contributed by atoms with van der Waals surface area (Å²) < 4.78 is 0. The summed E-state index contributed by atoms with van der Waals surface area (Å²) in [7, 11) is 0. The van der Waals surface area contributed by atoms with Crippen LogP contribution in [0.25, 0.3) is 0 Å². The van der Waals surface area contributed by atoms with Gasteiger partial charge in [0.15, 0.2) is 0 Å². The Bertz CT molecular complexity index is 464. The molecule has 2 heterocycles. The van der Waals surface area contributed by atoms with E-state index in [2.05, 4.69) is 15.2 Å². The van der Waals surface area contributed by atoms with Gasteiger partial charge < -0.3 is 10.2 Å². The van der Waals surface area contributed by atoms with Gasteiger partial charge >= 0.3 is 0 Å². The first-order chi connectivity index (χ1) is 8.69. The van der Waals surface area contributed by atoms with Crippen LogP contribution in [0.3, 0.4) is 0 Å². The molecular formula is C13H17Cl2N3. The van der Waals surface area contributed by atoms with Gasteiger partial charge in [0.2, 0.25) is 0 Å². The minimum atomic E-state index is 0.593. The minimum absolute atomic E-state index is 0.593. The number of nitrogens with one attached hydrogen (secondary N) is 1. The molecule has 1 saturated heterocycles. The van der Waals surface area contributed by atoms with Crippen molar-refractivity contribution in [3.63, 3.8) is 0 Å². The van der Waals surface area contributed by atoms with Crippen molar-refractivity contribution in [2.45, 2.75) is 32.2 Å². The van der Waals surface area contributed by atoms with Gasteiger partial charge in [0.25, 0.3) is 0 Å². The topological polar surface area (TPSA) is 28.2 Å². The molecule has 98 valence electrons. The number of anilines is 2. The van der Waals surface area contributed by atoms with E-state index in [0.717, 1.165) is 30.6 Å². The van der Waals surface area contributed by atoms with Gasteiger partial charge in [-0.05, 0) is 38.2 Å². The Labute approximate surface area is 117 Å². The quantitative estimate of drug-likeness (QED) is 0.915. The van der Waals surface area contributed by atoms with E-state index in [0.29, 0.717) is 16.1 Å². The molecule has 2 atom stereocenters. The van der Waals surface area contributed by atoms with Gasteiger partial charge in [-0.2, -0.15) is 0 Å². The fourth-order valence-corrected chi connectivity index (χ4v) is 3.67. The van der Waals surface area contributed by atoms with E-state index in [1.807, 2.05) is 6.92 Å². The van der Waals surface area contributed by atoms with Crippen molar-refractivity contribution in [3.8, 4) is 0 Å². The van der Waals surface area contributed by atoms with Crippen LogP contribution in [0, 0.1) is 5.92 Å². The summed E-state index contributed by atoms with van der Waals surface area (Å²) in [6.07, 6.45) is 3.91. The fraction of sp³-hybridized carbons (Fsp3) is 0.615. The predicted octanol–water partition coefficient (Wildman–Crippen LogP) is 3.81. The lowest BCUT2D eigenvalue weighted by molar-refractivity contribution is 0.550. The average molecular weight is 286 g/mol. The van der Waals surface area contributed by atoms with Crippen LogP contribution >= 0.6 is 23.2 Å². The summed E-state index contributed by atoms with van der Waals surface area (Å²) in [6.45, 7) is 3.93. The van der Waals surface area contributed by atoms with Crippen LogP contribution in [0.4, 0.5) is 11.6 Å². The molecule has 18 heavy (non-hydrogen) atoms. The van der Waals surface area contributed by atoms with Crippen LogP contribution in [-0.4, -0.2) is 24.1 Å². The molecule has 0 spiro atoms. The molecule has 2 fully saturated rings. The Morgan fingerprint density at radius 2 is 2.22 bits per heavy atom. The van der Waals surface area contributed by atoms with Crippen LogP contribution in [-0.2, 0) is 0 Å². The van der Waals surface area contributed by atoms with Crippen molar-refractivity contribution < 1.29 is 0 Å². The number of hydrogen-bond acceptors (Lipinski definition) is 3. The second-order valence-electron chi connectivity index (χ2n) is 5.14. The van der Waals surface area contributed by atoms with Gasteiger partial charge in [-0.1, -0.05) is 23.2 Å². The molecule has 1 aliphatic heterocycles. The maximum Gasteiger partial charge on any atom is 0.150 e. The van der Waals surface area contributed by atoms with Crippen LogP contribution in [0.2, 0.25) is 10.0 Å². The molecule has 0 aromatic carbocycles. The van der Waals surface area contributed by atoms with Crippen molar-refractivity contribution >= 4 is 34.8 Å². The Morgan fingerprint density at radius 1 is 1.39 bits per heavy atom. The van der Waals surface area contributed by atoms with E-state index >= 15 is 0 Å². The number of halogens is 2. The second kappa shape index (κ2) is 4.78. The molecule has 2 aliphatic rings. The van der Waals surface area contributed by atoms with Crippen LogP contribution < -0.4 is 10.2 Å². The number of rotatable bonds is 3. The highest BCUT2D eigenvalue weighted by Gasteiger charge is 2.39. The highest BCUT2D eigenvalue weighted by molar-refractivity contribution is 6.37. The third-order valence-corrected chi connectivity index (χ3v) is 4.50. The van der Waals surface area contributed by atoms with Gasteiger partial charge in [0.1, 0.15) is 11.6 Å². The van der Waals surface area contributed by atoms with Gasteiger partial charge in [-0.25, -0.2) is 4.98 Å². The zero-order valence-corrected chi connectivity index (χ0v) is 11.9. The average Bonchev–Trinajstić information content (AvgIpc) is 2.94. The van der Waals surface area contributed by atoms with Gasteiger partial charge in [0, 0.05) is 19.1 Å². The number of hydrogen-bond donors (Lipinski definition) is 1. The van der Waals surface area contributed by atoms with Gasteiger partial charge in [0.05, 0.1) is 10.0 Å². The molecule has 1 N–H and O–H groups in total. The molecule has 0 radical (unpaired) electrons. The van der Waals surface area contributed by atoms with Crippen LogP contribution in [0.5, 0.6) is 0 Å². The molecule has 5 heteroatoms. The summed E-state index contributed by atoms with van der Waals surface area (Å²) in [5.74, 6) is 2.46. The first kappa shape index (κ1) is 12.4. The second-order valence-corrected chi connectivity index (χ2v) is 5.95. The molecule has 0 amide bonds. The standard InChI is InChI=1S/C13H17Cl2N3/c1-2-16-12-10(14)6-11(15)13(17-12)18-7-8-3-4-9(18)5-8/h6,8-9H,2-5,7H2,1H3,(H,16,17). The highest BCUT2D eigenvalue weighted by Crippen LogP contribution is 2.42. The number of aromatic nitrogens is 1. The molecule has 2 bridgehead atoms. The van der Waals surface area contributed by atoms with Crippen LogP contribution in [0.1, 0.15) is 26.2 Å². The maximum atomic E-state index is 6.30. The van der Waals surface area contributed by atoms with Crippen molar-refractivity contribution in [3.05, 3.63) is 16.1 Å².